The normalized spacial score (nSPS) is 25.0. The topological polar surface area (TPSA) is 59.6 Å². The highest BCUT2D eigenvalue weighted by Crippen LogP contribution is 2.37. The largest absolute Gasteiger partial charge is 0.496 e. The minimum Gasteiger partial charge on any atom is -0.399 e. The maximum absolute atomic E-state index is 12.5. The second-order valence-electron chi connectivity index (χ2n) is 7.49. The van der Waals surface area contributed by atoms with E-state index in [0.717, 1.165) is 19.5 Å². The summed E-state index contributed by atoms with van der Waals surface area (Å²) >= 11 is 6.34. The fourth-order valence-electron chi connectivity index (χ4n) is 2.88. The molecule has 7 heteroatoms. The quantitative estimate of drug-likeness (QED) is 0.815. The van der Waals surface area contributed by atoms with Gasteiger partial charge in [-0.15, -0.1) is 0 Å². The third kappa shape index (κ3) is 3.33. The molecular formula is C17H24BClN2O3. The molecule has 2 N–H and O–H groups in total. The van der Waals surface area contributed by atoms with Gasteiger partial charge in [-0.05, 0) is 58.9 Å². The third-order valence-electron chi connectivity index (χ3n) is 5.16. The summed E-state index contributed by atoms with van der Waals surface area (Å²) in [5.41, 5.74) is 0.354. The zero-order valence-corrected chi connectivity index (χ0v) is 15.4. The summed E-state index contributed by atoms with van der Waals surface area (Å²) in [6.45, 7) is 9.71. The highest BCUT2D eigenvalue weighted by Gasteiger charge is 2.52. The molecule has 1 aromatic rings. The Balaban J connectivity index is 1.81. The zero-order valence-electron chi connectivity index (χ0n) is 14.6. The fraction of sp³-hybridized carbons (Fsp3) is 0.588. The first kappa shape index (κ1) is 17.7. The number of halogens is 1. The van der Waals surface area contributed by atoms with Crippen molar-refractivity contribution in [2.45, 2.75) is 51.4 Å². The lowest BCUT2D eigenvalue weighted by molar-refractivity contribution is 0.00578. The highest BCUT2D eigenvalue weighted by molar-refractivity contribution is 6.65. The van der Waals surface area contributed by atoms with Gasteiger partial charge in [0.15, 0.2) is 0 Å². The number of benzene rings is 1. The number of amides is 1. The summed E-state index contributed by atoms with van der Waals surface area (Å²) in [7, 11) is -0.580. The van der Waals surface area contributed by atoms with E-state index in [0.29, 0.717) is 16.0 Å². The molecule has 2 heterocycles. The molecule has 0 bridgehead atoms. The molecular weight excluding hydrogens is 326 g/mol. The molecule has 2 fully saturated rings. The summed E-state index contributed by atoms with van der Waals surface area (Å²) < 4.78 is 12.1. The molecule has 24 heavy (non-hydrogen) atoms. The van der Waals surface area contributed by atoms with Crippen molar-refractivity contribution in [3.8, 4) is 0 Å². The lowest BCUT2D eigenvalue weighted by Crippen LogP contribution is -2.41. The Morgan fingerprint density at radius 3 is 2.54 bits per heavy atom. The fourth-order valence-corrected chi connectivity index (χ4v) is 3.09. The molecule has 0 radical (unpaired) electrons. The number of nitrogens with one attached hydrogen (secondary N) is 2. The van der Waals surface area contributed by atoms with E-state index >= 15 is 0 Å². The second kappa shape index (κ2) is 6.34. The molecule has 5 nitrogen and oxygen atoms in total. The van der Waals surface area contributed by atoms with Gasteiger partial charge in [0.1, 0.15) is 0 Å². The predicted molar refractivity (Wildman–Crippen MR) is 95.9 cm³/mol. The van der Waals surface area contributed by atoms with Gasteiger partial charge < -0.3 is 19.9 Å². The maximum atomic E-state index is 12.5. The Kier molecular flexibility index (Phi) is 4.68. The molecule has 1 atom stereocenters. The van der Waals surface area contributed by atoms with Gasteiger partial charge in [0.2, 0.25) is 0 Å². The van der Waals surface area contributed by atoms with Crippen molar-refractivity contribution < 1.29 is 14.1 Å². The Morgan fingerprint density at radius 2 is 1.96 bits per heavy atom. The standard InChI is InChI=1S/C17H24BClN2O3/c1-16(2)17(3,4)24-18(23-16)13-9-11(5-6-14(13)19)15(22)21-12-7-8-20-10-12/h5-6,9,12,20H,7-8,10H2,1-4H3,(H,21,22)/t12-/m1/s1. The molecule has 1 aromatic carbocycles. The van der Waals surface area contributed by atoms with Gasteiger partial charge in [-0.2, -0.15) is 0 Å². The van der Waals surface area contributed by atoms with E-state index in [1.807, 2.05) is 27.7 Å². The van der Waals surface area contributed by atoms with Gasteiger partial charge in [0, 0.05) is 28.6 Å². The van der Waals surface area contributed by atoms with E-state index in [2.05, 4.69) is 10.6 Å². The molecule has 0 aromatic heterocycles. The Hall–Kier alpha value is -1.08. The van der Waals surface area contributed by atoms with E-state index in [4.69, 9.17) is 20.9 Å². The summed E-state index contributed by atoms with van der Waals surface area (Å²) in [6, 6.07) is 5.40. The van der Waals surface area contributed by atoms with Crippen molar-refractivity contribution in [1.29, 1.82) is 0 Å². The molecule has 0 unspecified atom stereocenters. The molecule has 2 aliphatic heterocycles. The number of carbonyl (C=O) groups is 1. The summed E-state index contributed by atoms with van der Waals surface area (Å²) in [5, 5.41) is 6.81. The van der Waals surface area contributed by atoms with Crippen molar-refractivity contribution >= 4 is 30.1 Å². The number of carbonyl (C=O) groups excluding carboxylic acids is 1. The molecule has 1 amide bonds. The highest BCUT2D eigenvalue weighted by atomic mass is 35.5. The van der Waals surface area contributed by atoms with Crippen LogP contribution >= 0.6 is 11.6 Å². The summed E-state index contributed by atoms with van der Waals surface area (Å²) in [6.07, 6.45) is 0.948. The van der Waals surface area contributed by atoms with Crippen LogP contribution in [0.2, 0.25) is 5.02 Å². The van der Waals surface area contributed by atoms with Crippen LogP contribution in [0.3, 0.4) is 0 Å². The Bertz CT molecular complexity index is 629. The van der Waals surface area contributed by atoms with Gasteiger partial charge >= 0.3 is 7.12 Å². The molecule has 2 saturated heterocycles. The predicted octanol–water partition coefficient (Wildman–Crippen LogP) is 1.73. The van der Waals surface area contributed by atoms with Gasteiger partial charge in [0.05, 0.1) is 11.2 Å². The number of hydrogen-bond acceptors (Lipinski definition) is 4. The van der Waals surface area contributed by atoms with Crippen LogP contribution in [0.15, 0.2) is 18.2 Å². The second-order valence-corrected chi connectivity index (χ2v) is 7.89. The maximum Gasteiger partial charge on any atom is 0.496 e. The van der Waals surface area contributed by atoms with E-state index in [1.54, 1.807) is 18.2 Å². The number of hydrogen-bond donors (Lipinski definition) is 2. The third-order valence-corrected chi connectivity index (χ3v) is 5.51. The van der Waals surface area contributed by atoms with Crippen LogP contribution in [0, 0.1) is 0 Å². The van der Waals surface area contributed by atoms with Crippen molar-refractivity contribution in [2.75, 3.05) is 13.1 Å². The van der Waals surface area contributed by atoms with Crippen LogP contribution in [0.4, 0.5) is 0 Å². The monoisotopic (exact) mass is 350 g/mol. The van der Waals surface area contributed by atoms with Gasteiger partial charge in [-0.3, -0.25) is 4.79 Å². The first-order valence-electron chi connectivity index (χ1n) is 8.36. The van der Waals surface area contributed by atoms with Crippen LogP contribution in [-0.2, 0) is 9.31 Å². The van der Waals surface area contributed by atoms with Crippen molar-refractivity contribution in [1.82, 2.24) is 10.6 Å². The zero-order chi connectivity index (χ0) is 17.5. The minimum atomic E-state index is -0.580. The lowest BCUT2D eigenvalue weighted by atomic mass is 9.78. The van der Waals surface area contributed by atoms with Gasteiger partial charge in [-0.1, -0.05) is 11.6 Å². The molecule has 3 rings (SSSR count). The van der Waals surface area contributed by atoms with Crippen LogP contribution in [0.25, 0.3) is 0 Å². The molecule has 2 aliphatic rings. The van der Waals surface area contributed by atoms with Crippen LogP contribution < -0.4 is 16.1 Å². The lowest BCUT2D eigenvalue weighted by Gasteiger charge is -2.32. The van der Waals surface area contributed by atoms with Crippen LogP contribution in [0.1, 0.15) is 44.5 Å². The Labute approximate surface area is 148 Å². The summed E-state index contributed by atoms with van der Waals surface area (Å²) in [4.78, 5) is 12.5. The Morgan fingerprint density at radius 1 is 1.29 bits per heavy atom. The number of rotatable bonds is 3. The SMILES string of the molecule is CC1(C)OB(c2cc(C(=O)N[C@@H]3CCNC3)ccc2Cl)OC1(C)C. The van der Waals surface area contributed by atoms with Crippen molar-refractivity contribution in [2.24, 2.45) is 0 Å². The van der Waals surface area contributed by atoms with Crippen LogP contribution in [0.5, 0.6) is 0 Å². The summed E-state index contributed by atoms with van der Waals surface area (Å²) in [5.74, 6) is -0.0989. The smallest absolute Gasteiger partial charge is 0.399 e. The average Bonchev–Trinajstić information content (AvgIpc) is 3.05. The van der Waals surface area contributed by atoms with Crippen molar-refractivity contribution in [3.05, 3.63) is 28.8 Å². The molecule has 0 spiro atoms. The van der Waals surface area contributed by atoms with E-state index < -0.39 is 18.3 Å². The van der Waals surface area contributed by atoms with E-state index in [-0.39, 0.29) is 11.9 Å². The average molecular weight is 351 g/mol. The van der Waals surface area contributed by atoms with Crippen molar-refractivity contribution in [3.63, 3.8) is 0 Å². The van der Waals surface area contributed by atoms with Crippen LogP contribution in [-0.4, -0.2) is 43.4 Å². The molecule has 0 saturated carbocycles. The first-order valence-corrected chi connectivity index (χ1v) is 8.74. The first-order chi connectivity index (χ1) is 11.2. The molecule has 0 aliphatic carbocycles. The minimum absolute atomic E-state index is 0.0989. The van der Waals surface area contributed by atoms with Gasteiger partial charge in [-0.25, -0.2) is 0 Å². The van der Waals surface area contributed by atoms with E-state index in [9.17, 15) is 4.79 Å². The van der Waals surface area contributed by atoms with Gasteiger partial charge in [0.25, 0.3) is 5.91 Å². The molecule has 130 valence electrons. The van der Waals surface area contributed by atoms with E-state index in [1.165, 1.54) is 0 Å².